The van der Waals surface area contributed by atoms with Crippen molar-refractivity contribution in [2.45, 2.75) is 6.61 Å². The number of ether oxygens (including phenoxy) is 1. The summed E-state index contributed by atoms with van der Waals surface area (Å²) < 4.78 is 12.4. The number of nitrogens with zero attached hydrogens (tertiary/aromatic N) is 1. The summed E-state index contributed by atoms with van der Waals surface area (Å²) in [6.45, 7) is 0.308. The summed E-state index contributed by atoms with van der Waals surface area (Å²) in [6, 6.07) is 19.4. The molecule has 0 aliphatic carbocycles. The molecule has 0 unspecified atom stereocenters. The lowest BCUT2D eigenvalue weighted by atomic mass is 10.1. The van der Waals surface area contributed by atoms with Crippen molar-refractivity contribution in [2.24, 2.45) is 7.05 Å². The average Bonchev–Trinajstić information content (AvgIpc) is 3.01. The Hall–Kier alpha value is -3.51. The van der Waals surface area contributed by atoms with Gasteiger partial charge in [-0.15, -0.1) is 0 Å². The van der Waals surface area contributed by atoms with E-state index in [0.29, 0.717) is 39.7 Å². The third-order valence-electron chi connectivity index (χ3n) is 4.49. The summed E-state index contributed by atoms with van der Waals surface area (Å²) in [6.07, 6.45) is 0. The highest BCUT2D eigenvalue weighted by atomic mass is 35.5. The van der Waals surface area contributed by atoms with Gasteiger partial charge < -0.3 is 14.5 Å². The van der Waals surface area contributed by atoms with Crippen LogP contribution in [0.4, 0.5) is 5.69 Å². The third-order valence-corrected chi connectivity index (χ3v) is 4.74. The molecule has 146 valence electrons. The normalized spacial score (nSPS) is 10.8. The van der Waals surface area contributed by atoms with Gasteiger partial charge >= 0.3 is 5.76 Å². The largest absolute Gasteiger partial charge is 0.488 e. The molecule has 0 spiro atoms. The van der Waals surface area contributed by atoms with Crippen molar-refractivity contribution in [3.8, 4) is 5.75 Å². The molecule has 4 rings (SSSR count). The van der Waals surface area contributed by atoms with Crippen LogP contribution in [-0.2, 0) is 13.7 Å². The molecule has 0 bridgehead atoms. The predicted molar refractivity (Wildman–Crippen MR) is 112 cm³/mol. The highest BCUT2D eigenvalue weighted by Crippen LogP contribution is 2.23. The second-order valence-electron chi connectivity index (χ2n) is 6.47. The molecular weight excluding hydrogens is 392 g/mol. The summed E-state index contributed by atoms with van der Waals surface area (Å²) >= 11 is 5.90. The van der Waals surface area contributed by atoms with Crippen LogP contribution in [-0.4, -0.2) is 10.5 Å². The lowest BCUT2D eigenvalue weighted by Gasteiger charge is -2.12. The molecule has 0 aliphatic heterocycles. The van der Waals surface area contributed by atoms with Crippen LogP contribution in [0.5, 0.6) is 5.75 Å². The molecule has 29 heavy (non-hydrogen) atoms. The molecule has 0 radical (unpaired) electrons. The molecule has 3 aromatic carbocycles. The summed E-state index contributed by atoms with van der Waals surface area (Å²) in [4.78, 5) is 24.4. The van der Waals surface area contributed by atoms with Crippen molar-refractivity contribution in [3.63, 3.8) is 0 Å². The number of fused-ring (bicyclic) bond motifs is 1. The lowest BCUT2D eigenvalue weighted by molar-refractivity contribution is 0.102. The van der Waals surface area contributed by atoms with Gasteiger partial charge in [-0.05, 0) is 42.0 Å². The van der Waals surface area contributed by atoms with E-state index in [1.165, 1.54) is 4.57 Å². The van der Waals surface area contributed by atoms with Crippen LogP contribution in [0, 0.1) is 0 Å². The number of nitrogens with one attached hydrogen (secondary N) is 1. The van der Waals surface area contributed by atoms with Crippen molar-refractivity contribution in [3.05, 3.63) is 93.4 Å². The van der Waals surface area contributed by atoms with Crippen LogP contribution in [0.3, 0.4) is 0 Å². The van der Waals surface area contributed by atoms with Crippen molar-refractivity contribution in [2.75, 3.05) is 5.32 Å². The Balaban J connectivity index is 1.53. The summed E-state index contributed by atoms with van der Waals surface area (Å²) in [5.74, 6) is -0.314. The number of carbonyl (C=O) groups excluding carboxylic acids is 1. The van der Waals surface area contributed by atoms with E-state index in [2.05, 4.69) is 5.32 Å². The van der Waals surface area contributed by atoms with Crippen molar-refractivity contribution in [1.29, 1.82) is 0 Å². The van der Waals surface area contributed by atoms with Crippen LogP contribution in [0.2, 0.25) is 5.02 Å². The topological polar surface area (TPSA) is 73.5 Å². The summed E-state index contributed by atoms with van der Waals surface area (Å²) in [5, 5.41) is 3.47. The third kappa shape index (κ3) is 4.02. The minimum absolute atomic E-state index is 0.308. The number of para-hydroxylation sites is 1. The molecule has 1 aromatic heterocycles. The van der Waals surface area contributed by atoms with Gasteiger partial charge in [0, 0.05) is 23.8 Å². The molecular formula is C22H17ClN2O4. The Labute approximate surface area is 171 Å². The molecule has 0 aliphatic rings. The standard InChI is InChI=1S/C22H17ClN2O4/c1-25-18-11-10-16(12-20(18)29-22(25)27)24-21(26)17-4-2-3-5-19(17)28-13-14-6-8-15(23)9-7-14/h2-12H,13H2,1H3,(H,24,26). The molecule has 1 amide bonds. The number of rotatable bonds is 5. The van der Waals surface area contributed by atoms with Gasteiger partial charge in [-0.25, -0.2) is 4.79 Å². The Morgan fingerprint density at radius 3 is 2.66 bits per heavy atom. The molecule has 0 saturated carbocycles. The number of hydrogen-bond acceptors (Lipinski definition) is 4. The maximum atomic E-state index is 12.8. The predicted octanol–water partition coefficient (Wildman–Crippen LogP) is 4.62. The maximum absolute atomic E-state index is 12.8. The summed E-state index contributed by atoms with van der Waals surface area (Å²) in [7, 11) is 1.63. The van der Waals surface area contributed by atoms with Crippen molar-refractivity contribution >= 4 is 34.3 Å². The van der Waals surface area contributed by atoms with Gasteiger partial charge in [0.15, 0.2) is 5.58 Å². The van der Waals surface area contributed by atoms with E-state index in [9.17, 15) is 9.59 Å². The first kappa shape index (κ1) is 18.8. The fourth-order valence-electron chi connectivity index (χ4n) is 2.93. The molecule has 7 heteroatoms. The first-order valence-corrected chi connectivity index (χ1v) is 9.26. The van der Waals surface area contributed by atoms with E-state index in [-0.39, 0.29) is 5.91 Å². The molecule has 0 fully saturated rings. The van der Waals surface area contributed by atoms with Crippen molar-refractivity contribution < 1.29 is 13.9 Å². The number of aromatic nitrogens is 1. The van der Waals surface area contributed by atoms with Gasteiger partial charge in [0.25, 0.3) is 5.91 Å². The van der Waals surface area contributed by atoms with Gasteiger partial charge in [0.2, 0.25) is 0 Å². The second-order valence-corrected chi connectivity index (χ2v) is 6.91. The minimum Gasteiger partial charge on any atom is -0.488 e. The van der Waals surface area contributed by atoms with Crippen LogP contribution in [0.15, 0.2) is 75.9 Å². The Morgan fingerprint density at radius 2 is 1.86 bits per heavy atom. The van der Waals surface area contributed by atoms with Crippen LogP contribution >= 0.6 is 11.6 Å². The zero-order chi connectivity index (χ0) is 20.4. The average molecular weight is 409 g/mol. The SMILES string of the molecule is Cn1c(=O)oc2cc(NC(=O)c3ccccc3OCc3ccc(Cl)cc3)ccc21. The van der Waals surface area contributed by atoms with Crippen molar-refractivity contribution in [1.82, 2.24) is 4.57 Å². The van der Waals surface area contributed by atoms with E-state index in [1.807, 2.05) is 12.1 Å². The number of amides is 1. The fraction of sp³-hybridized carbons (Fsp3) is 0.0909. The van der Waals surface area contributed by atoms with E-state index < -0.39 is 5.76 Å². The molecule has 1 N–H and O–H groups in total. The Bertz CT molecular complexity index is 1240. The first-order valence-electron chi connectivity index (χ1n) is 8.88. The molecule has 0 atom stereocenters. The lowest BCUT2D eigenvalue weighted by Crippen LogP contribution is -2.13. The van der Waals surface area contributed by atoms with Crippen LogP contribution in [0.25, 0.3) is 11.1 Å². The number of aryl methyl sites for hydroxylation is 1. The highest BCUT2D eigenvalue weighted by molar-refractivity contribution is 6.30. The quantitative estimate of drug-likeness (QED) is 0.523. The zero-order valence-electron chi connectivity index (χ0n) is 15.5. The summed E-state index contributed by atoms with van der Waals surface area (Å²) in [5.41, 5.74) is 2.91. The Kier molecular flexibility index (Phi) is 5.10. The number of oxazole rings is 1. The Morgan fingerprint density at radius 1 is 1.10 bits per heavy atom. The smallest absolute Gasteiger partial charge is 0.419 e. The molecule has 6 nitrogen and oxygen atoms in total. The van der Waals surface area contributed by atoms with Crippen LogP contribution in [0.1, 0.15) is 15.9 Å². The zero-order valence-corrected chi connectivity index (χ0v) is 16.3. The highest BCUT2D eigenvalue weighted by Gasteiger charge is 2.14. The van der Waals surface area contributed by atoms with E-state index in [0.717, 1.165) is 5.56 Å². The van der Waals surface area contributed by atoms with Gasteiger partial charge in [-0.2, -0.15) is 0 Å². The second kappa shape index (κ2) is 7.85. The number of carbonyl (C=O) groups is 1. The minimum atomic E-state index is -0.454. The monoisotopic (exact) mass is 408 g/mol. The molecule has 4 aromatic rings. The number of benzene rings is 3. The first-order chi connectivity index (χ1) is 14.0. The van der Waals surface area contributed by atoms with E-state index in [4.69, 9.17) is 20.8 Å². The van der Waals surface area contributed by atoms with Gasteiger partial charge in [-0.3, -0.25) is 9.36 Å². The molecule has 1 heterocycles. The van der Waals surface area contributed by atoms with Gasteiger partial charge in [-0.1, -0.05) is 35.9 Å². The van der Waals surface area contributed by atoms with Gasteiger partial charge in [0.05, 0.1) is 11.1 Å². The number of halogens is 1. The van der Waals surface area contributed by atoms with Crippen LogP contribution < -0.4 is 15.8 Å². The number of anilines is 1. The molecule has 0 saturated heterocycles. The van der Waals surface area contributed by atoms with E-state index in [1.54, 1.807) is 61.6 Å². The maximum Gasteiger partial charge on any atom is 0.419 e. The van der Waals surface area contributed by atoms with E-state index >= 15 is 0 Å². The van der Waals surface area contributed by atoms with Gasteiger partial charge in [0.1, 0.15) is 12.4 Å². The number of hydrogen-bond donors (Lipinski definition) is 1. The fourth-order valence-corrected chi connectivity index (χ4v) is 3.06.